The third-order valence-corrected chi connectivity index (χ3v) is 2.95. The number of aromatic nitrogens is 2. The number of hydrogen-bond donors (Lipinski definition) is 1. The van der Waals surface area contributed by atoms with E-state index in [2.05, 4.69) is 22.2 Å². The summed E-state index contributed by atoms with van der Waals surface area (Å²) in [5, 5.41) is 3.25. The number of pyridine rings is 2. The van der Waals surface area contributed by atoms with Crippen LogP contribution in [0.5, 0.6) is 0 Å². The molecule has 0 atom stereocenters. The third kappa shape index (κ3) is 3.12. The van der Waals surface area contributed by atoms with Crippen LogP contribution in [-0.2, 0) is 0 Å². The second kappa shape index (κ2) is 6.65. The molecule has 5 heteroatoms. The van der Waals surface area contributed by atoms with E-state index in [1.807, 2.05) is 12.1 Å². The first-order valence-corrected chi connectivity index (χ1v) is 6.60. The summed E-state index contributed by atoms with van der Waals surface area (Å²) >= 11 is 0. The van der Waals surface area contributed by atoms with Crippen molar-refractivity contribution in [2.45, 2.75) is 13.3 Å². The number of hydrogen-bond acceptors (Lipinski definition) is 4. The number of anilines is 2. The van der Waals surface area contributed by atoms with Crippen LogP contribution in [0.15, 0.2) is 43.0 Å². The quantitative estimate of drug-likeness (QED) is 0.907. The first kappa shape index (κ1) is 14.0. The molecule has 0 unspecified atom stereocenters. The van der Waals surface area contributed by atoms with Gasteiger partial charge in [0.25, 0.3) is 5.91 Å². The predicted molar refractivity (Wildman–Crippen MR) is 80.0 cm³/mol. The van der Waals surface area contributed by atoms with Gasteiger partial charge in [-0.2, -0.15) is 0 Å². The smallest absolute Gasteiger partial charge is 0.261 e. The van der Waals surface area contributed by atoms with E-state index in [1.165, 1.54) is 0 Å². The van der Waals surface area contributed by atoms with Gasteiger partial charge in [-0.15, -0.1) is 0 Å². The molecule has 0 fully saturated rings. The Morgan fingerprint density at radius 2 is 2.05 bits per heavy atom. The molecule has 0 aliphatic rings. The van der Waals surface area contributed by atoms with E-state index in [4.69, 9.17) is 0 Å². The maximum Gasteiger partial charge on any atom is 0.261 e. The van der Waals surface area contributed by atoms with Crippen LogP contribution in [0, 0.1) is 0 Å². The molecule has 2 heterocycles. The summed E-state index contributed by atoms with van der Waals surface area (Å²) in [6, 6.07) is 5.47. The molecule has 2 rings (SSSR count). The van der Waals surface area contributed by atoms with Gasteiger partial charge < -0.3 is 10.2 Å². The molecule has 0 radical (unpaired) electrons. The Bertz CT molecular complexity index is 571. The summed E-state index contributed by atoms with van der Waals surface area (Å²) in [6.07, 6.45) is 7.61. The third-order valence-electron chi connectivity index (χ3n) is 2.95. The van der Waals surface area contributed by atoms with Crippen molar-refractivity contribution in [3.63, 3.8) is 0 Å². The summed E-state index contributed by atoms with van der Waals surface area (Å²) in [5.41, 5.74) is 2.12. The van der Waals surface area contributed by atoms with Crippen LogP contribution in [0.25, 0.3) is 0 Å². The fourth-order valence-corrected chi connectivity index (χ4v) is 1.83. The number of rotatable bonds is 5. The summed E-state index contributed by atoms with van der Waals surface area (Å²) in [4.78, 5) is 22.2. The molecule has 2 aromatic heterocycles. The molecule has 0 saturated heterocycles. The fourth-order valence-electron chi connectivity index (χ4n) is 1.83. The lowest BCUT2D eigenvalue weighted by atomic mass is 10.2. The van der Waals surface area contributed by atoms with E-state index in [1.54, 1.807) is 42.8 Å². The molecule has 1 N–H and O–H groups in total. The van der Waals surface area contributed by atoms with Gasteiger partial charge in [-0.05, 0) is 24.6 Å². The molecule has 104 valence electrons. The average molecular weight is 270 g/mol. The minimum atomic E-state index is -0.107. The van der Waals surface area contributed by atoms with Crippen molar-refractivity contribution in [3.05, 3.63) is 48.5 Å². The van der Waals surface area contributed by atoms with Gasteiger partial charge in [-0.25, -0.2) is 0 Å². The Morgan fingerprint density at radius 1 is 1.25 bits per heavy atom. The summed E-state index contributed by atoms with van der Waals surface area (Å²) in [7, 11) is 1.73. The summed E-state index contributed by atoms with van der Waals surface area (Å²) in [5.74, 6) is -0.107. The van der Waals surface area contributed by atoms with Crippen LogP contribution < -0.4 is 10.2 Å². The van der Waals surface area contributed by atoms with Crippen LogP contribution in [0.4, 0.5) is 11.4 Å². The summed E-state index contributed by atoms with van der Waals surface area (Å²) < 4.78 is 0. The van der Waals surface area contributed by atoms with Gasteiger partial charge in [0.1, 0.15) is 0 Å². The van der Waals surface area contributed by atoms with Crippen LogP contribution in [0.1, 0.15) is 23.7 Å². The van der Waals surface area contributed by atoms with Crippen LogP contribution in [0.3, 0.4) is 0 Å². The Hall–Kier alpha value is -2.43. The maximum atomic E-state index is 12.5. The van der Waals surface area contributed by atoms with Gasteiger partial charge in [0, 0.05) is 32.2 Å². The van der Waals surface area contributed by atoms with Crippen molar-refractivity contribution >= 4 is 17.3 Å². The second-order valence-electron chi connectivity index (χ2n) is 4.42. The lowest BCUT2D eigenvalue weighted by Gasteiger charge is -2.18. The molecule has 0 bridgehead atoms. The van der Waals surface area contributed by atoms with E-state index >= 15 is 0 Å². The van der Waals surface area contributed by atoms with Gasteiger partial charge in [0.05, 0.1) is 23.1 Å². The van der Waals surface area contributed by atoms with Crippen molar-refractivity contribution < 1.29 is 4.79 Å². The van der Waals surface area contributed by atoms with Gasteiger partial charge in [0.2, 0.25) is 0 Å². The molecule has 5 nitrogen and oxygen atoms in total. The van der Waals surface area contributed by atoms with Gasteiger partial charge in [-0.3, -0.25) is 14.8 Å². The Balaban J connectivity index is 2.25. The molecule has 0 spiro atoms. The lowest BCUT2D eigenvalue weighted by molar-refractivity contribution is 0.0993. The average Bonchev–Trinajstić information content (AvgIpc) is 2.52. The van der Waals surface area contributed by atoms with Gasteiger partial charge in [0.15, 0.2) is 0 Å². The number of carbonyl (C=O) groups excluding carboxylic acids is 1. The number of carbonyl (C=O) groups is 1. The number of nitrogens with one attached hydrogen (secondary N) is 1. The number of amides is 1. The Kier molecular flexibility index (Phi) is 4.65. The first-order chi connectivity index (χ1) is 9.74. The monoisotopic (exact) mass is 270 g/mol. The Morgan fingerprint density at radius 3 is 2.75 bits per heavy atom. The number of nitrogens with zero attached hydrogens (tertiary/aromatic N) is 3. The molecular weight excluding hydrogens is 252 g/mol. The highest BCUT2D eigenvalue weighted by Gasteiger charge is 2.17. The standard InChI is InChI=1S/C15H18N4O/c1-3-7-18-14-6-9-17-11-13(14)15(20)19(2)12-5-4-8-16-10-12/h4-6,8-11H,3,7H2,1-2H3,(H,17,18). The lowest BCUT2D eigenvalue weighted by Crippen LogP contribution is -2.27. The molecule has 1 amide bonds. The molecular formula is C15H18N4O. The minimum absolute atomic E-state index is 0.107. The topological polar surface area (TPSA) is 58.1 Å². The van der Waals surface area contributed by atoms with Crippen molar-refractivity contribution in [1.82, 2.24) is 9.97 Å². The molecule has 2 aromatic rings. The zero-order valence-electron chi connectivity index (χ0n) is 11.7. The molecule has 0 aliphatic carbocycles. The van der Waals surface area contributed by atoms with Crippen molar-refractivity contribution in [2.24, 2.45) is 0 Å². The van der Waals surface area contributed by atoms with E-state index in [0.717, 1.165) is 24.3 Å². The highest BCUT2D eigenvalue weighted by atomic mass is 16.2. The second-order valence-corrected chi connectivity index (χ2v) is 4.42. The normalized spacial score (nSPS) is 10.1. The van der Waals surface area contributed by atoms with Crippen molar-refractivity contribution in [2.75, 3.05) is 23.8 Å². The van der Waals surface area contributed by atoms with Crippen LogP contribution in [-0.4, -0.2) is 29.5 Å². The highest BCUT2D eigenvalue weighted by molar-refractivity contribution is 6.08. The first-order valence-electron chi connectivity index (χ1n) is 6.60. The molecule has 0 aliphatic heterocycles. The Labute approximate surface area is 118 Å². The largest absolute Gasteiger partial charge is 0.384 e. The van der Waals surface area contributed by atoms with Gasteiger partial charge in [-0.1, -0.05) is 6.92 Å². The van der Waals surface area contributed by atoms with Crippen molar-refractivity contribution in [3.8, 4) is 0 Å². The molecule has 0 saturated carbocycles. The molecule has 0 aromatic carbocycles. The van der Waals surface area contributed by atoms with E-state index in [9.17, 15) is 4.79 Å². The van der Waals surface area contributed by atoms with E-state index in [-0.39, 0.29) is 5.91 Å². The zero-order valence-corrected chi connectivity index (χ0v) is 11.7. The van der Waals surface area contributed by atoms with Gasteiger partial charge >= 0.3 is 0 Å². The summed E-state index contributed by atoms with van der Waals surface area (Å²) in [6.45, 7) is 2.90. The van der Waals surface area contributed by atoms with E-state index < -0.39 is 0 Å². The van der Waals surface area contributed by atoms with Crippen LogP contribution in [0.2, 0.25) is 0 Å². The van der Waals surface area contributed by atoms with Crippen LogP contribution >= 0.6 is 0 Å². The highest BCUT2D eigenvalue weighted by Crippen LogP contribution is 2.19. The van der Waals surface area contributed by atoms with Crippen molar-refractivity contribution in [1.29, 1.82) is 0 Å². The minimum Gasteiger partial charge on any atom is -0.384 e. The predicted octanol–water partition coefficient (Wildman–Crippen LogP) is 2.58. The zero-order chi connectivity index (χ0) is 14.4. The molecule has 20 heavy (non-hydrogen) atoms. The fraction of sp³-hybridized carbons (Fsp3) is 0.267. The maximum absolute atomic E-state index is 12.5. The van der Waals surface area contributed by atoms with E-state index in [0.29, 0.717) is 5.56 Å². The SMILES string of the molecule is CCCNc1ccncc1C(=O)N(C)c1cccnc1.